The van der Waals surface area contributed by atoms with Crippen LogP contribution in [0.1, 0.15) is 5.56 Å². The Morgan fingerprint density at radius 2 is 2.07 bits per heavy atom. The molecule has 1 aromatic rings. The highest BCUT2D eigenvalue weighted by atomic mass is 79.9. The molecule has 0 amide bonds. The van der Waals surface area contributed by atoms with Gasteiger partial charge in [0.2, 0.25) is 0 Å². The first kappa shape index (κ1) is 11.4. The Bertz CT molecular complexity index is 320. The molecule has 0 heterocycles. The Morgan fingerprint density at radius 3 is 2.57 bits per heavy atom. The van der Waals surface area contributed by atoms with E-state index in [1.54, 1.807) is 12.1 Å². The third-order valence-electron chi connectivity index (χ3n) is 1.83. The maximum absolute atomic E-state index is 12.1. The van der Waals surface area contributed by atoms with Crippen LogP contribution < -0.4 is 5.73 Å². The summed E-state index contributed by atoms with van der Waals surface area (Å²) in [7, 11) is 0. The van der Waals surface area contributed by atoms with Gasteiger partial charge in [0.05, 0.1) is 6.04 Å². The van der Waals surface area contributed by atoms with Crippen molar-refractivity contribution in [2.24, 2.45) is 5.73 Å². The lowest BCUT2D eigenvalue weighted by Crippen LogP contribution is -2.30. The molecule has 0 bridgehead atoms. The van der Waals surface area contributed by atoms with E-state index in [-0.39, 0.29) is 12.2 Å². The number of alkyl halides is 2. The minimum Gasteiger partial charge on any atom is -0.508 e. The number of hydrogen-bond donors (Lipinski definition) is 2. The number of halogens is 3. The van der Waals surface area contributed by atoms with E-state index in [1.165, 1.54) is 6.07 Å². The third-order valence-corrected chi connectivity index (χ3v) is 2.32. The predicted molar refractivity (Wildman–Crippen MR) is 53.5 cm³/mol. The van der Waals surface area contributed by atoms with Gasteiger partial charge in [-0.2, -0.15) is 0 Å². The fraction of sp³-hybridized carbons (Fsp3) is 0.333. The van der Waals surface area contributed by atoms with Gasteiger partial charge in [-0.1, -0.05) is 22.0 Å². The van der Waals surface area contributed by atoms with Crippen molar-refractivity contribution in [1.82, 2.24) is 0 Å². The maximum Gasteiger partial charge on any atom is 0.253 e. The Kier molecular flexibility index (Phi) is 3.83. The second-order valence-electron chi connectivity index (χ2n) is 2.98. The molecule has 14 heavy (non-hydrogen) atoms. The molecule has 0 aromatic heterocycles. The van der Waals surface area contributed by atoms with E-state index in [2.05, 4.69) is 15.9 Å². The van der Waals surface area contributed by atoms with Gasteiger partial charge in [-0.15, -0.1) is 0 Å². The van der Waals surface area contributed by atoms with Gasteiger partial charge in [0.1, 0.15) is 5.75 Å². The van der Waals surface area contributed by atoms with Gasteiger partial charge in [-0.3, -0.25) is 0 Å². The van der Waals surface area contributed by atoms with Gasteiger partial charge in [-0.05, 0) is 24.1 Å². The number of benzene rings is 1. The van der Waals surface area contributed by atoms with E-state index >= 15 is 0 Å². The summed E-state index contributed by atoms with van der Waals surface area (Å²) < 4.78 is 24.9. The van der Waals surface area contributed by atoms with Crippen molar-refractivity contribution in [1.29, 1.82) is 0 Å². The molecule has 0 fully saturated rings. The highest BCUT2D eigenvalue weighted by Gasteiger charge is 2.17. The van der Waals surface area contributed by atoms with Gasteiger partial charge >= 0.3 is 0 Å². The van der Waals surface area contributed by atoms with Crippen molar-refractivity contribution < 1.29 is 13.9 Å². The van der Waals surface area contributed by atoms with E-state index < -0.39 is 12.5 Å². The molecule has 0 saturated heterocycles. The molecule has 0 saturated carbocycles. The second-order valence-corrected chi connectivity index (χ2v) is 3.89. The molecule has 3 N–H and O–H groups in total. The molecule has 78 valence electrons. The van der Waals surface area contributed by atoms with Crippen molar-refractivity contribution in [3.8, 4) is 5.75 Å². The molecule has 1 unspecified atom stereocenters. The molecule has 0 aliphatic rings. The minimum atomic E-state index is -2.57. The maximum atomic E-state index is 12.1. The molecular weight excluding hydrogens is 256 g/mol. The fourth-order valence-electron chi connectivity index (χ4n) is 1.05. The first-order chi connectivity index (χ1) is 6.50. The van der Waals surface area contributed by atoms with E-state index in [1.807, 2.05) is 0 Å². The van der Waals surface area contributed by atoms with Crippen LogP contribution in [0.2, 0.25) is 0 Å². The van der Waals surface area contributed by atoms with Gasteiger partial charge in [0.25, 0.3) is 6.43 Å². The van der Waals surface area contributed by atoms with Crippen molar-refractivity contribution in [3.63, 3.8) is 0 Å². The van der Waals surface area contributed by atoms with Crippen LogP contribution in [0, 0.1) is 0 Å². The largest absolute Gasteiger partial charge is 0.508 e. The molecular formula is C9H10BrF2NO. The molecule has 1 atom stereocenters. The average molecular weight is 266 g/mol. The lowest BCUT2D eigenvalue weighted by atomic mass is 10.1. The highest BCUT2D eigenvalue weighted by Crippen LogP contribution is 2.23. The van der Waals surface area contributed by atoms with Crippen LogP contribution >= 0.6 is 15.9 Å². The van der Waals surface area contributed by atoms with Gasteiger partial charge in [-0.25, -0.2) is 8.78 Å². The Labute approximate surface area is 88.9 Å². The first-order valence-electron chi connectivity index (χ1n) is 4.02. The molecule has 2 nitrogen and oxygen atoms in total. The van der Waals surface area contributed by atoms with Gasteiger partial charge < -0.3 is 10.8 Å². The van der Waals surface area contributed by atoms with Crippen molar-refractivity contribution in [2.75, 3.05) is 0 Å². The summed E-state index contributed by atoms with van der Waals surface area (Å²) in [5.74, 6) is -0.0181. The lowest BCUT2D eigenvalue weighted by Gasteiger charge is -2.11. The van der Waals surface area contributed by atoms with Crippen molar-refractivity contribution >= 4 is 15.9 Å². The summed E-state index contributed by atoms with van der Waals surface area (Å²) in [6.07, 6.45) is -2.60. The quantitative estimate of drug-likeness (QED) is 0.881. The number of nitrogens with two attached hydrogens (primary N) is 1. The van der Waals surface area contributed by atoms with E-state index in [0.29, 0.717) is 10.0 Å². The van der Waals surface area contributed by atoms with Crippen LogP contribution in [0.4, 0.5) is 8.78 Å². The molecule has 1 rings (SSSR count). The topological polar surface area (TPSA) is 46.2 Å². The molecule has 0 aliphatic carbocycles. The van der Waals surface area contributed by atoms with Gasteiger partial charge in [0.15, 0.2) is 0 Å². The highest BCUT2D eigenvalue weighted by molar-refractivity contribution is 9.10. The number of phenols is 1. The summed E-state index contributed by atoms with van der Waals surface area (Å²) in [5, 5.41) is 9.39. The Hall–Kier alpha value is -0.680. The summed E-state index contributed by atoms with van der Waals surface area (Å²) in [5.41, 5.74) is 5.61. The molecule has 0 aliphatic heterocycles. The molecule has 1 aromatic carbocycles. The summed E-state index contributed by atoms with van der Waals surface area (Å²) >= 11 is 3.15. The number of aromatic hydroxyl groups is 1. The normalized spacial score (nSPS) is 13.2. The summed E-state index contributed by atoms with van der Waals surface area (Å²) in [6, 6.07) is 3.46. The number of phenolic OH excluding ortho intramolecular Hbond substituents is 1. The third kappa shape index (κ3) is 2.92. The monoisotopic (exact) mass is 265 g/mol. The Morgan fingerprint density at radius 1 is 1.43 bits per heavy atom. The predicted octanol–water partition coefficient (Wildman–Crippen LogP) is 2.29. The zero-order valence-corrected chi connectivity index (χ0v) is 8.84. The molecule has 5 heteroatoms. The van der Waals surface area contributed by atoms with Crippen LogP contribution in [0.5, 0.6) is 5.75 Å². The van der Waals surface area contributed by atoms with E-state index in [0.717, 1.165) is 0 Å². The van der Waals surface area contributed by atoms with Crippen LogP contribution in [0.15, 0.2) is 22.7 Å². The van der Waals surface area contributed by atoms with Crippen molar-refractivity contribution in [2.45, 2.75) is 18.9 Å². The summed E-state index contributed by atoms with van der Waals surface area (Å²) in [4.78, 5) is 0. The Balaban J connectivity index is 2.77. The average Bonchev–Trinajstić information content (AvgIpc) is 2.09. The zero-order valence-electron chi connectivity index (χ0n) is 7.25. The number of rotatable bonds is 3. The summed E-state index contributed by atoms with van der Waals surface area (Å²) in [6.45, 7) is 0. The SMILES string of the molecule is NC(Cc1ccc(Br)cc1O)C(F)F. The molecule has 0 radical (unpaired) electrons. The number of hydrogen-bond acceptors (Lipinski definition) is 2. The van der Waals surface area contributed by atoms with Crippen LogP contribution in [-0.2, 0) is 6.42 Å². The minimum absolute atomic E-state index is 0.0181. The fourth-order valence-corrected chi connectivity index (χ4v) is 1.40. The smallest absolute Gasteiger partial charge is 0.253 e. The first-order valence-corrected chi connectivity index (χ1v) is 4.81. The second kappa shape index (κ2) is 4.70. The van der Waals surface area contributed by atoms with E-state index in [9.17, 15) is 13.9 Å². The van der Waals surface area contributed by atoms with Crippen LogP contribution in [0.25, 0.3) is 0 Å². The molecule has 0 spiro atoms. The standard InChI is InChI=1S/C9H10BrF2NO/c10-6-2-1-5(8(14)4-6)3-7(13)9(11)12/h1-2,4,7,9,14H,3,13H2. The van der Waals surface area contributed by atoms with Crippen molar-refractivity contribution in [3.05, 3.63) is 28.2 Å². The van der Waals surface area contributed by atoms with E-state index in [4.69, 9.17) is 5.73 Å². The lowest BCUT2D eigenvalue weighted by molar-refractivity contribution is 0.115. The van der Waals surface area contributed by atoms with Crippen LogP contribution in [0.3, 0.4) is 0 Å². The zero-order chi connectivity index (χ0) is 10.7. The van der Waals surface area contributed by atoms with Crippen LogP contribution in [-0.4, -0.2) is 17.6 Å². The van der Waals surface area contributed by atoms with Gasteiger partial charge in [0, 0.05) is 4.47 Å².